The summed E-state index contributed by atoms with van der Waals surface area (Å²) in [6.07, 6.45) is 9.42. The van der Waals surface area contributed by atoms with Crippen molar-refractivity contribution in [2.75, 3.05) is 31.1 Å². The van der Waals surface area contributed by atoms with Crippen molar-refractivity contribution in [2.45, 2.75) is 59.3 Å². The Labute approximate surface area is 165 Å². The number of benzene rings is 1. The number of aryl methyl sites for hydroxylation is 3. The van der Waals surface area contributed by atoms with Crippen LogP contribution in [0.4, 0.5) is 5.69 Å². The van der Waals surface area contributed by atoms with Gasteiger partial charge in [-0.2, -0.15) is 0 Å². The number of likely N-dealkylation sites (N-methyl/N-ethyl adjacent to an activating group) is 1. The topological polar surface area (TPSA) is 28.2 Å². The van der Waals surface area contributed by atoms with Gasteiger partial charge >= 0.3 is 0 Å². The Bertz CT molecular complexity index is 738. The van der Waals surface area contributed by atoms with E-state index in [-0.39, 0.29) is 0 Å². The zero-order valence-electron chi connectivity index (χ0n) is 17.4. The first-order valence-corrected chi connectivity index (χ1v) is 10.7. The molecule has 1 heterocycles. The number of aromatic nitrogens is 1. The van der Waals surface area contributed by atoms with Gasteiger partial charge in [-0.25, -0.2) is 0 Å². The number of hydrogen-bond acceptors (Lipinski definition) is 3. The van der Waals surface area contributed by atoms with E-state index >= 15 is 0 Å². The van der Waals surface area contributed by atoms with Gasteiger partial charge in [0, 0.05) is 37.2 Å². The van der Waals surface area contributed by atoms with Crippen molar-refractivity contribution in [3.63, 3.8) is 0 Å². The predicted molar refractivity (Wildman–Crippen MR) is 116 cm³/mol. The zero-order chi connectivity index (χ0) is 19.1. The molecule has 0 unspecified atom stereocenters. The van der Waals surface area contributed by atoms with Crippen molar-refractivity contribution in [3.05, 3.63) is 58.4 Å². The van der Waals surface area contributed by atoms with Crippen LogP contribution in [0.15, 0.2) is 30.5 Å². The molecule has 3 nitrogen and oxygen atoms in total. The maximum atomic E-state index is 4.59. The molecule has 2 aromatic rings. The molecule has 146 valence electrons. The summed E-state index contributed by atoms with van der Waals surface area (Å²) in [5, 5.41) is 3.65. The molecule has 3 heteroatoms. The first kappa shape index (κ1) is 19.9. The molecule has 1 aromatic carbocycles. The Morgan fingerprint density at radius 3 is 2.78 bits per heavy atom. The summed E-state index contributed by atoms with van der Waals surface area (Å²) < 4.78 is 0. The van der Waals surface area contributed by atoms with E-state index in [0.29, 0.717) is 0 Å². The van der Waals surface area contributed by atoms with Crippen LogP contribution in [0.5, 0.6) is 0 Å². The Hall–Kier alpha value is -1.87. The Morgan fingerprint density at radius 1 is 1.07 bits per heavy atom. The predicted octanol–water partition coefficient (Wildman–Crippen LogP) is 4.63. The molecule has 0 fully saturated rings. The van der Waals surface area contributed by atoms with Crippen LogP contribution in [0.2, 0.25) is 0 Å². The third kappa shape index (κ3) is 5.10. The molecule has 0 saturated carbocycles. The lowest BCUT2D eigenvalue weighted by molar-refractivity contribution is 0.625. The van der Waals surface area contributed by atoms with E-state index in [0.717, 1.165) is 26.2 Å². The fourth-order valence-electron chi connectivity index (χ4n) is 4.20. The summed E-state index contributed by atoms with van der Waals surface area (Å²) in [4.78, 5) is 7.07. The molecule has 1 aliphatic carbocycles. The second-order valence-electron chi connectivity index (χ2n) is 7.75. The maximum Gasteiger partial charge on any atom is 0.0438 e. The fraction of sp³-hybridized carbons (Fsp3) is 0.542. The minimum atomic E-state index is 1.04. The van der Waals surface area contributed by atoms with Crippen LogP contribution >= 0.6 is 0 Å². The van der Waals surface area contributed by atoms with Gasteiger partial charge in [-0.15, -0.1) is 0 Å². The molecule has 0 bridgehead atoms. The minimum Gasteiger partial charge on any atom is -0.370 e. The number of nitrogens with zero attached hydrogens (tertiary/aromatic N) is 2. The highest BCUT2D eigenvalue weighted by molar-refractivity contribution is 5.55. The zero-order valence-corrected chi connectivity index (χ0v) is 17.4. The van der Waals surface area contributed by atoms with Crippen molar-refractivity contribution in [1.82, 2.24) is 10.3 Å². The van der Waals surface area contributed by atoms with Gasteiger partial charge < -0.3 is 10.2 Å². The van der Waals surface area contributed by atoms with Gasteiger partial charge in [0.25, 0.3) is 0 Å². The van der Waals surface area contributed by atoms with Crippen LogP contribution in [-0.2, 0) is 19.3 Å². The van der Waals surface area contributed by atoms with Gasteiger partial charge in [-0.05, 0) is 100 Å². The molecule has 0 atom stereocenters. The molecule has 0 radical (unpaired) electrons. The molecule has 1 N–H and O–H groups in total. The van der Waals surface area contributed by atoms with E-state index in [1.54, 1.807) is 5.56 Å². The molecule has 0 saturated heterocycles. The summed E-state index contributed by atoms with van der Waals surface area (Å²) in [5.41, 5.74) is 8.60. The lowest BCUT2D eigenvalue weighted by Crippen LogP contribution is -2.33. The first-order valence-electron chi connectivity index (χ1n) is 10.7. The van der Waals surface area contributed by atoms with Crippen molar-refractivity contribution in [1.29, 1.82) is 0 Å². The second kappa shape index (κ2) is 9.89. The van der Waals surface area contributed by atoms with E-state index in [1.165, 1.54) is 66.6 Å². The number of rotatable bonds is 9. The lowest BCUT2D eigenvalue weighted by atomic mass is 9.91. The van der Waals surface area contributed by atoms with Crippen molar-refractivity contribution >= 4 is 5.69 Å². The average Bonchev–Trinajstić information content (AvgIpc) is 2.70. The van der Waals surface area contributed by atoms with Gasteiger partial charge in [-0.1, -0.05) is 12.1 Å². The van der Waals surface area contributed by atoms with Crippen molar-refractivity contribution in [2.24, 2.45) is 0 Å². The summed E-state index contributed by atoms with van der Waals surface area (Å²) in [5.74, 6) is 0. The van der Waals surface area contributed by atoms with E-state index in [1.807, 2.05) is 6.20 Å². The van der Waals surface area contributed by atoms with Crippen LogP contribution in [0.3, 0.4) is 0 Å². The van der Waals surface area contributed by atoms with Gasteiger partial charge in [0.1, 0.15) is 0 Å². The monoisotopic (exact) mass is 365 g/mol. The third-order valence-corrected chi connectivity index (χ3v) is 5.99. The molecule has 0 spiro atoms. The Morgan fingerprint density at radius 2 is 1.93 bits per heavy atom. The van der Waals surface area contributed by atoms with Crippen molar-refractivity contribution in [3.8, 4) is 0 Å². The SMILES string of the molecule is CCN(CCNCCCc1ccnc2c1CCCC2)c1cccc(C)c1C. The molecule has 27 heavy (non-hydrogen) atoms. The third-order valence-electron chi connectivity index (χ3n) is 5.99. The number of pyridine rings is 1. The maximum absolute atomic E-state index is 4.59. The molecule has 0 aliphatic heterocycles. The first-order chi connectivity index (χ1) is 13.2. The van der Waals surface area contributed by atoms with Gasteiger partial charge in [0.2, 0.25) is 0 Å². The average molecular weight is 366 g/mol. The Balaban J connectivity index is 1.42. The molecule has 1 aromatic heterocycles. The highest BCUT2D eigenvalue weighted by atomic mass is 15.1. The highest BCUT2D eigenvalue weighted by Crippen LogP contribution is 2.24. The van der Waals surface area contributed by atoms with Crippen LogP contribution in [-0.4, -0.2) is 31.2 Å². The van der Waals surface area contributed by atoms with E-state index in [9.17, 15) is 0 Å². The largest absolute Gasteiger partial charge is 0.370 e. The highest BCUT2D eigenvalue weighted by Gasteiger charge is 2.13. The Kier molecular flexibility index (Phi) is 7.28. The van der Waals surface area contributed by atoms with Crippen LogP contribution < -0.4 is 10.2 Å². The molecular weight excluding hydrogens is 330 g/mol. The van der Waals surface area contributed by atoms with Crippen LogP contribution in [0.25, 0.3) is 0 Å². The number of anilines is 1. The molecular formula is C24H35N3. The molecule has 3 rings (SSSR count). The van der Waals surface area contributed by atoms with Crippen molar-refractivity contribution < 1.29 is 0 Å². The quantitative estimate of drug-likeness (QED) is 0.657. The van der Waals surface area contributed by atoms with E-state index in [4.69, 9.17) is 0 Å². The van der Waals surface area contributed by atoms with E-state index < -0.39 is 0 Å². The number of fused-ring (bicyclic) bond motifs is 1. The number of nitrogens with one attached hydrogen (secondary N) is 1. The van der Waals surface area contributed by atoms with Crippen LogP contribution in [0, 0.1) is 13.8 Å². The normalized spacial score (nSPS) is 13.4. The van der Waals surface area contributed by atoms with Gasteiger partial charge in [0.15, 0.2) is 0 Å². The fourth-order valence-corrected chi connectivity index (χ4v) is 4.20. The smallest absolute Gasteiger partial charge is 0.0438 e. The summed E-state index contributed by atoms with van der Waals surface area (Å²) in [6.45, 7) is 10.9. The summed E-state index contributed by atoms with van der Waals surface area (Å²) in [7, 11) is 0. The minimum absolute atomic E-state index is 1.04. The summed E-state index contributed by atoms with van der Waals surface area (Å²) >= 11 is 0. The standard InChI is InChI=1S/C24H35N3/c1-4-27(24-13-7-9-19(2)20(24)3)18-17-25-15-8-10-21-14-16-26-23-12-6-5-11-22(21)23/h7,9,13-14,16,25H,4-6,8,10-12,15,17-18H2,1-3H3. The lowest BCUT2D eigenvalue weighted by Gasteiger charge is -2.26. The van der Waals surface area contributed by atoms with Gasteiger partial charge in [-0.3, -0.25) is 4.98 Å². The summed E-state index contributed by atoms with van der Waals surface area (Å²) in [6, 6.07) is 8.85. The number of hydrogen-bond donors (Lipinski definition) is 1. The second-order valence-corrected chi connectivity index (χ2v) is 7.75. The van der Waals surface area contributed by atoms with E-state index in [2.05, 4.69) is 60.2 Å². The molecule has 1 aliphatic rings. The van der Waals surface area contributed by atoms with Crippen LogP contribution in [0.1, 0.15) is 54.1 Å². The molecule has 0 amide bonds. The van der Waals surface area contributed by atoms with Gasteiger partial charge in [0.05, 0.1) is 0 Å².